The van der Waals surface area contributed by atoms with Crippen LogP contribution in [0, 0.1) is 0 Å². The minimum absolute atomic E-state index is 0.0201. The molecule has 1 aliphatic rings. The van der Waals surface area contributed by atoms with Gasteiger partial charge in [0.15, 0.2) is 0 Å². The lowest BCUT2D eigenvalue weighted by atomic mass is 10.1. The van der Waals surface area contributed by atoms with Gasteiger partial charge in [0.2, 0.25) is 11.8 Å². The Bertz CT molecular complexity index is 583. The molecule has 0 bridgehead atoms. The standard InChI is InChI=1S/C17H27N5O2/c1-4-6-16(19-14(2)23)17(24)22-8-5-7-21(9-10-22)13-15-11-18-20(3)12-15/h4,11-12,16H,1,5-10,13H2,2-3H3,(H,19,23). The number of hydrogen-bond donors (Lipinski definition) is 1. The second kappa shape index (κ2) is 8.63. The summed E-state index contributed by atoms with van der Waals surface area (Å²) in [6.07, 6.45) is 6.95. The molecular weight excluding hydrogens is 306 g/mol. The third-order valence-corrected chi connectivity index (χ3v) is 4.14. The summed E-state index contributed by atoms with van der Waals surface area (Å²) in [5.41, 5.74) is 1.18. The van der Waals surface area contributed by atoms with E-state index in [0.29, 0.717) is 13.0 Å². The molecule has 132 valence electrons. The molecule has 7 nitrogen and oxygen atoms in total. The fourth-order valence-electron chi connectivity index (χ4n) is 3.02. The topological polar surface area (TPSA) is 70.5 Å². The molecule has 0 saturated carbocycles. The molecule has 1 aliphatic heterocycles. The molecule has 7 heteroatoms. The van der Waals surface area contributed by atoms with E-state index in [1.807, 2.05) is 24.3 Å². The first kappa shape index (κ1) is 18.2. The maximum absolute atomic E-state index is 12.7. The van der Waals surface area contributed by atoms with Crippen molar-refractivity contribution in [3.8, 4) is 0 Å². The Balaban J connectivity index is 1.92. The van der Waals surface area contributed by atoms with Crippen LogP contribution in [0.2, 0.25) is 0 Å². The number of hydrogen-bond acceptors (Lipinski definition) is 4. The van der Waals surface area contributed by atoms with E-state index in [1.54, 1.807) is 10.8 Å². The average molecular weight is 333 g/mol. The minimum Gasteiger partial charge on any atom is -0.344 e. The molecule has 2 rings (SSSR count). The molecule has 0 radical (unpaired) electrons. The molecule has 2 heterocycles. The fraction of sp³-hybridized carbons (Fsp3) is 0.588. The summed E-state index contributed by atoms with van der Waals surface area (Å²) >= 11 is 0. The molecule has 1 fully saturated rings. The van der Waals surface area contributed by atoms with Crippen molar-refractivity contribution in [1.82, 2.24) is 24.9 Å². The highest BCUT2D eigenvalue weighted by Crippen LogP contribution is 2.10. The van der Waals surface area contributed by atoms with E-state index in [9.17, 15) is 9.59 Å². The van der Waals surface area contributed by atoms with Crippen LogP contribution in [-0.2, 0) is 23.2 Å². The molecule has 1 saturated heterocycles. The zero-order valence-corrected chi connectivity index (χ0v) is 14.6. The number of carbonyl (C=O) groups is 2. The molecule has 2 amide bonds. The van der Waals surface area contributed by atoms with E-state index in [1.165, 1.54) is 12.5 Å². The van der Waals surface area contributed by atoms with E-state index < -0.39 is 6.04 Å². The first-order valence-corrected chi connectivity index (χ1v) is 8.36. The summed E-state index contributed by atoms with van der Waals surface area (Å²) < 4.78 is 1.80. The van der Waals surface area contributed by atoms with Gasteiger partial charge < -0.3 is 10.2 Å². The lowest BCUT2D eigenvalue weighted by molar-refractivity contribution is -0.135. The van der Waals surface area contributed by atoms with Gasteiger partial charge in [0.1, 0.15) is 6.04 Å². The van der Waals surface area contributed by atoms with Crippen molar-refractivity contribution in [2.24, 2.45) is 7.05 Å². The largest absolute Gasteiger partial charge is 0.344 e. The van der Waals surface area contributed by atoms with Gasteiger partial charge in [0.25, 0.3) is 0 Å². The maximum Gasteiger partial charge on any atom is 0.245 e. The molecule has 0 aromatic carbocycles. The molecule has 1 atom stereocenters. The van der Waals surface area contributed by atoms with Crippen molar-refractivity contribution in [2.75, 3.05) is 26.2 Å². The third kappa shape index (κ3) is 5.19. The molecule has 1 unspecified atom stereocenters. The average Bonchev–Trinajstić information content (AvgIpc) is 2.80. The molecule has 24 heavy (non-hydrogen) atoms. The van der Waals surface area contributed by atoms with E-state index in [0.717, 1.165) is 32.6 Å². The molecule has 1 N–H and O–H groups in total. The second-order valence-corrected chi connectivity index (χ2v) is 6.25. The monoisotopic (exact) mass is 333 g/mol. The normalized spacial score (nSPS) is 17.2. The van der Waals surface area contributed by atoms with Gasteiger partial charge in [-0.15, -0.1) is 6.58 Å². The van der Waals surface area contributed by atoms with E-state index in [2.05, 4.69) is 21.9 Å². The summed E-state index contributed by atoms with van der Waals surface area (Å²) in [7, 11) is 1.91. The van der Waals surface area contributed by atoms with Crippen molar-refractivity contribution in [2.45, 2.75) is 32.4 Å². The Morgan fingerprint density at radius 3 is 2.79 bits per heavy atom. The van der Waals surface area contributed by atoms with Gasteiger partial charge >= 0.3 is 0 Å². The first-order valence-electron chi connectivity index (χ1n) is 8.36. The van der Waals surface area contributed by atoms with Crippen molar-refractivity contribution >= 4 is 11.8 Å². The van der Waals surface area contributed by atoms with Crippen LogP contribution in [0.4, 0.5) is 0 Å². The van der Waals surface area contributed by atoms with Gasteiger partial charge in [0.05, 0.1) is 6.20 Å². The van der Waals surface area contributed by atoms with Crippen molar-refractivity contribution < 1.29 is 9.59 Å². The quantitative estimate of drug-likeness (QED) is 0.771. The van der Waals surface area contributed by atoms with E-state index in [-0.39, 0.29) is 11.8 Å². The maximum atomic E-state index is 12.7. The molecule has 1 aromatic heterocycles. The number of aromatic nitrogens is 2. The van der Waals surface area contributed by atoms with Gasteiger partial charge in [-0.2, -0.15) is 5.10 Å². The minimum atomic E-state index is -0.509. The summed E-state index contributed by atoms with van der Waals surface area (Å²) in [6.45, 7) is 9.11. The smallest absolute Gasteiger partial charge is 0.245 e. The third-order valence-electron chi connectivity index (χ3n) is 4.14. The predicted octanol–water partition coefficient (Wildman–Crippen LogP) is 0.535. The predicted molar refractivity (Wildman–Crippen MR) is 92.1 cm³/mol. The lowest BCUT2D eigenvalue weighted by Crippen LogP contribution is -2.48. The van der Waals surface area contributed by atoms with Gasteiger partial charge in [-0.25, -0.2) is 0 Å². The molecule has 1 aromatic rings. The first-order chi connectivity index (χ1) is 11.5. The Morgan fingerprint density at radius 2 is 2.17 bits per heavy atom. The van der Waals surface area contributed by atoms with Crippen LogP contribution < -0.4 is 5.32 Å². The molecular formula is C17H27N5O2. The van der Waals surface area contributed by atoms with Gasteiger partial charge in [0, 0.05) is 58.5 Å². The van der Waals surface area contributed by atoms with Crippen LogP contribution in [-0.4, -0.2) is 63.6 Å². The Hall–Kier alpha value is -2.15. The van der Waals surface area contributed by atoms with Gasteiger partial charge in [-0.1, -0.05) is 6.08 Å². The highest BCUT2D eigenvalue weighted by Gasteiger charge is 2.26. The van der Waals surface area contributed by atoms with Crippen LogP contribution in [0.25, 0.3) is 0 Å². The number of rotatable bonds is 6. The van der Waals surface area contributed by atoms with Crippen LogP contribution in [0.1, 0.15) is 25.3 Å². The highest BCUT2D eigenvalue weighted by molar-refractivity contribution is 5.87. The van der Waals surface area contributed by atoms with Gasteiger partial charge in [-0.3, -0.25) is 19.2 Å². The molecule has 0 aliphatic carbocycles. The summed E-state index contributed by atoms with van der Waals surface area (Å²) in [6, 6.07) is -0.509. The number of amides is 2. The number of carbonyl (C=O) groups excluding carboxylic acids is 2. The number of nitrogens with one attached hydrogen (secondary N) is 1. The summed E-state index contributed by atoms with van der Waals surface area (Å²) in [5.74, 6) is -0.212. The molecule has 0 spiro atoms. The summed E-state index contributed by atoms with van der Waals surface area (Å²) in [4.78, 5) is 28.2. The SMILES string of the molecule is C=CCC(NC(C)=O)C(=O)N1CCCN(Cc2cnn(C)c2)CC1. The Labute approximate surface area is 143 Å². The Morgan fingerprint density at radius 1 is 1.38 bits per heavy atom. The van der Waals surface area contributed by atoms with Crippen molar-refractivity contribution in [3.63, 3.8) is 0 Å². The van der Waals surface area contributed by atoms with E-state index >= 15 is 0 Å². The van der Waals surface area contributed by atoms with Crippen molar-refractivity contribution in [3.05, 3.63) is 30.6 Å². The lowest BCUT2D eigenvalue weighted by Gasteiger charge is -2.26. The Kier molecular flexibility index (Phi) is 6.54. The second-order valence-electron chi connectivity index (χ2n) is 6.25. The zero-order valence-electron chi connectivity index (χ0n) is 14.6. The summed E-state index contributed by atoms with van der Waals surface area (Å²) in [5, 5.41) is 6.92. The van der Waals surface area contributed by atoms with Crippen LogP contribution in [0.15, 0.2) is 25.0 Å². The van der Waals surface area contributed by atoms with E-state index in [4.69, 9.17) is 0 Å². The zero-order chi connectivity index (χ0) is 17.5. The van der Waals surface area contributed by atoms with Crippen LogP contribution in [0.3, 0.4) is 0 Å². The van der Waals surface area contributed by atoms with Gasteiger partial charge in [-0.05, 0) is 12.8 Å². The number of aryl methyl sites for hydroxylation is 1. The van der Waals surface area contributed by atoms with Crippen LogP contribution >= 0.6 is 0 Å². The van der Waals surface area contributed by atoms with Crippen molar-refractivity contribution in [1.29, 1.82) is 0 Å². The highest BCUT2D eigenvalue weighted by atomic mass is 16.2. The van der Waals surface area contributed by atoms with Crippen LogP contribution in [0.5, 0.6) is 0 Å². The fourth-order valence-corrected chi connectivity index (χ4v) is 3.02. The number of nitrogens with zero attached hydrogens (tertiary/aromatic N) is 4.